The van der Waals surface area contributed by atoms with Gasteiger partial charge in [0.2, 0.25) is 65.0 Å². The lowest BCUT2D eigenvalue weighted by atomic mass is 10.0. The number of nitrogens with two attached hydrogens (primary N) is 3. The zero-order chi connectivity index (χ0) is 58.9. The first kappa shape index (κ1) is 67.6. The molecule has 1 rings (SSSR count). The number of hydrogen-bond acceptors (Lipinski definition) is 18. The van der Waals surface area contributed by atoms with E-state index in [0.29, 0.717) is 18.4 Å². The molecular formula is C47H77N13O17. The molecule has 30 heteroatoms. The van der Waals surface area contributed by atoms with Gasteiger partial charge in [-0.1, -0.05) is 44.2 Å². The van der Waals surface area contributed by atoms with Gasteiger partial charge in [-0.3, -0.25) is 57.5 Å². The standard InChI is InChI=1S/C47H77N13O17/c1-21(2)34(43(72)53-28(15-11-12-16-48)39(68)52-23(4)47(76)77)57-45(74)37(26(7)64)60-46(75)36(25(6)63)59-42(71)31(20-61)56-44(73)35(24(5)62)58-41(70)29(17-27-13-9-8-10-14-27)55-40(69)30(18-32(50)65)54-38(67)22(3)51-33(66)19-49/h8-10,13-14,21-26,28-31,34-37,61-64H,11-12,15-20,48-49H2,1-7H3,(H2,50,65)(H,51,66)(H,52,68)(H,53,72)(H,54,67)(H,55,69)(H,56,73)(H,57,74)(H,58,70)(H,59,71)(H,60,75)(H,76,77)/t22-,23-,24+,25+,26+,28-,29-,30-,31-,34-,35-,36-,37-/m0/s1. The number of carbonyl (C=O) groups excluding carboxylic acids is 11. The number of nitrogens with one attached hydrogen (secondary N) is 10. The maximum absolute atomic E-state index is 13.9. The number of benzene rings is 1. The lowest BCUT2D eigenvalue weighted by molar-refractivity contribution is -0.142. The summed E-state index contributed by atoms with van der Waals surface area (Å²) in [6.07, 6.45) is -5.43. The highest BCUT2D eigenvalue weighted by Crippen LogP contribution is 2.10. The topological polar surface area (TPSA) is 504 Å². The molecule has 0 fully saturated rings. The first-order valence-electron chi connectivity index (χ1n) is 24.6. The maximum Gasteiger partial charge on any atom is 0.325 e. The zero-order valence-electron chi connectivity index (χ0n) is 44.0. The fraction of sp³-hybridized carbons (Fsp3) is 0.617. The van der Waals surface area contributed by atoms with E-state index in [0.717, 1.165) is 20.8 Å². The van der Waals surface area contributed by atoms with Crippen molar-refractivity contribution in [2.45, 2.75) is 159 Å². The minimum absolute atomic E-state index is 0.0438. The molecule has 0 aliphatic heterocycles. The van der Waals surface area contributed by atoms with Gasteiger partial charge in [0.05, 0.1) is 37.9 Å². The van der Waals surface area contributed by atoms with E-state index in [4.69, 9.17) is 17.2 Å². The van der Waals surface area contributed by atoms with E-state index in [2.05, 4.69) is 53.2 Å². The van der Waals surface area contributed by atoms with Crippen molar-refractivity contribution in [1.82, 2.24) is 53.2 Å². The second-order valence-corrected chi connectivity index (χ2v) is 18.5. The Kier molecular flexibility index (Phi) is 29.5. The summed E-state index contributed by atoms with van der Waals surface area (Å²) in [5, 5.41) is 74.2. The van der Waals surface area contributed by atoms with Gasteiger partial charge < -0.3 is 95.9 Å². The highest BCUT2D eigenvalue weighted by Gasteiger charge is 2.38. The largest absolute Gasteiger partial charge is 0.480 e. The number of amides is 11. The summed E-state index contributed by atoms with van der Waals surface area (Å²) in [5.74, 6) is -13.7. The summed E-state index contributed by atoms with van der Waals surface area (Å²) in [4.78, 5) is 157. The molecule has 0 saturated heterocycles. The van der Waals surface area contributed by atoms with Crippen LogP contribution in [0.3, 0.4) is 0 Å². The Bertz CT molecular complexity index is 2200. The molecule has 0 bridgehead atoms. The van der Waals surface area contributed by atoms with Crippen LogP contribution >= 0.6 is 0 Å². The summed E-state index contributed by atoms with van der Waals surface area (Å²) < 4.78 is 0. The van der Waals surface area contributed by atoms with Gasteiger partial charge in [-0.2, -0.15) is 0 Å². The van der Waals surface area contributed by atoms with E-state index < -0.39 is 175 Å². The highest BCUT2D eigenvalue weighted by atomic mass is 16.4. The number of aliphatic hydroxyl groups excluding tert-OH is 4. The van der Waals surface area contributed by atoms with E-state index >= 15 is 0 Å². The molecule has 1 aromatic rings. The molecule has 77 heavy (non-hydrogen) atoms. The molecule has 0 unspecified atom stereocenters. The van der Waals surface area contributed by atoms with Crippen molar-refractivity contribution in [3.05, 3.63) is 35.9 Å². The van der Waals surface area contributed by atoms with Crippen molar-refractivity contribution in [2.75, 3.05) is 19.7 Å². The number of carbonyl (C=O) groups is 12. The van der Waals surface area contributed by atoms with Gasteiger partial charge >= 0.3 is 5.97 Å². The van der Waals surface area contributed by atoms with Crippen LogP contribution in [0.5, 0.6) is 0 Å². The van der Waals surface area contributed by atoms with E-state index in [1.165, 1.54) is 27.7 Å². The van der Waals surface area contributed by atoms with Crippen LogP contribution < -0.4 is 70.4 Å². The first-order chi connectivity index (χ1) is 36.0. The van der Waals surface area contributed by atoms with E-state index in [9.17, 15) is 83.1 Å². The number of aliphatic hydroxyl groups is 4. The molecule has 432 valence electrons. The third-order valence-electron chi connectivity index (χ3n) is 11.5. The summed E-state index contributed by atoms with van der Waals surface area (Å²) >= 11 is 0. The van der Waals surface area contributed by atoms with Crippen molar-refractivity contribution in [2.24, 2.45) is 23.1 Å². The first-order valence-corrected chi connectivity index (χ1v) is 24.6. The van der Waals surface area contributed by atoms with Crippen LogP contribution in [0.1, 0.15) is 79.7 Å². The molecule has 0 aliphatic rings. The lowest BCUT2D eigenvalue weighted by Crippen LogP contribution is -2.64. The molecule has 1 aromatic carbocycles. The number of carboxylic acids is 1. The average Bonchev–Trinajstić information content (AvgIpc) is 3.35. The Balaban J connectivity index is 3.34. The predicted octanol–water partition coefficient (Wildman–Crippen LogP) is -8.04. The lowest BCUT2D eigenvalue weighted by Gasteiger charge is -2.30. The highest BCUT2D eigenvalue weighted by molar-refractivity contribution is 6.00. The molecule has 0 radical (unpaired) electrons. The molecule has 0 heterocycles. The molecular weight excluding hydrogens is 1020 g/mol. The van der Waals surface area contributed by atoms with Gasteiger partial charge in [-0.25, -0.2) is 0 Å². The molecule has 0 aromatic heterocycles. The van der Waals surface area contributed by atoms with Crippen LogP contribution in [0, 0.1) is 5.92 Å². The maximum atomic E-state index is 13.9. The Morgan fingerprint density at radius 1 is 0.481 bits per heavy atom. The molecule has 21 N–H and O–H groups in total. The van der Waals surface area contributed by atoms with Crippen LogP contribution in [0.2, 0.25) is 0 Å². The summed E-state index contributed by atoms with van der Waals surface area (Å²) in [5.41, 5.74) is 16.6. The molecule has 30 nitrogen and oxygen atoms in total. The van der Waals surface area contributed by atoms with Gasteiger partial charge in [-0.05, 0) is 71.9 Å². The minimum atomic E-state index is -1.97. The summed E-state index contributed by atoms with van der Waals surface area (Å²) in [6.45, 7) is 7.34. The number of unbranched alkanes of at least 4 members (excludes halogenated alkanes) is 1. The van der Waals surface area contributed by atoms with E-state index in [1.807, 2.05) is 0 Å². The van der Waals surface area contributed by atoms with Gasteiger partial charge in [-0.15, -0.1) is 0 Å². The third-order valence-corrected chi connectivity index (χ3v) is 11.5. The number of hydrogen-bond donors (Lipinski definition) is 18. The second-order valence-electron chi connectivity index (χ2n) is 18.5. The van der Waals surface area contributed by atoms with Gasteiger partial charge in [0.1, 0.15) is 60.4 Å². The Morgan fingerprint density at radius 3 is 1.35 bits per heavy atom. The van der Waals surface area contributed by atoms with Gasteiger partial charge in [0.25, 0.3) is 0 Å². The average molecular weight is 1100 g/mol. The SMILES string of the molecule is CC(C)[C@H](NC(=O)[C@@H](NC(=O)[C@@H](NC(=O)[C@H](CO)NC(=O)[C@@H](NC(=O)[C@H](Cc1ccccc1)NC(=O)[C@H](CC(N)=O)NC(=O)[C@H](C)NC(=O)CN)[C@@H](C)O)[C@@H](C)O)[C@@H](C)O)C(=O)N[C@@H](CCCCN)C(=O)N[C@@H](C)C(=O)O. The van der Waals surface area contributed by atoms with E-state index in [1.54, 1.807) is 30.3 Å². The Morgan fingerprint density at radius 2 is 0.896 bits per heavy atom. The van der Waals surface area contributed by atoms with Crippen LogP contribution in [0.4, 0.5) is 0 Å². The van der Waals surface area contributed by atoms with Crippen LogP contribution in [0.25, 0.3) is 0 Å². The minimum Gasteiger partial charge on any atom is -0.480 e. The van der Waals surface area contributed by atoms with Crippen molar-refractivity contribution in [3.63, 3.8) is 0 Å². The fourth-order valence-electron chi connectivity index (χ4n) is 7.00. The summed E-state index contributed by atoms with van der Waals surface area (Å²) in [6, 6.07) is -8.28. The van der Waals surface area contributed by atoms with Crippen LogP contribution in [-0.4, -0.2) is 195 Å². The summed E-state index contributed by atoms with van der Waals surface area (Å²) in [7, 11) is 0. The monoisotopic (exact) mass is 1100 g/mol. The van der Waals surface area contributed by atoms with Crippen molar-refractivity contribution < 1.29 is 83.1 Å². The van der Waals surface area contributed by atoms with E-state index in [-0.39, 0.29) is 19.4 Å². The van der Waals surface area contributed by atoms with Crippen LogP contribution in [-0.2, 0) is 64.0 Å². The molecule has 0 aliphatic carbocycles. The number of carboxylic acid groups (broad SMARTS) is 1. The second kappa shape index (κ2) is 33.6. The number of primary amides is 1. The molecule has 0 spiro atoms. The smallest absolute Gasteiger partial charge is 0.325 e. The Hall–Kier alpha value is -7.38. The number of aliphatic carboxylic acids is 1. The van der Waals surface area contributed by atoms with Crippen molar-refractivity contribution in [3.8, 4) is 0 Å². The molecule has 11 amide bonds. The third kappa shape index (κ3) is 23.6. The zero-order valence-corrected chi connectivity index (χ0v) is 44.0. The molecule has 13 atom stereocenters. The van der Waals surface area contributed by atoms with Crippen LogP contribution in [0.15, 0.2) is 30.3 Å². The molecule has 0 saturated carbocycles. The number of rotatable bonds is 34. The fourth-order valence-corrected chi connectivity index (χ4v) is 7.00. The van der Waals surface area contributed by atoms with Crippen molar-refractivity contribution in [1.29, 1.82) is 0 Å². The predicted molar refractivity (Wildman–Crippen MR) is 271 cm³/mol. The van der Waals surface area contributed by atoms with Gasteiger partial charge in [0.15, 0.2) is 0 Å². The quantitative estimate of drug-likeness (QED) is 0.0285. The van der Waals surface area contributed by atoms with Gasteiger partial charge in [0, 0.05) is 6.42 Å². The Labute approximate surface area is 444 Å². The normalized spacial score (nSPS) is 16.2. The van der Waals surface area contributed by atoms with Crippen molar-refractivity contribution >= 4 is 70.9 Å².